The molecule has 1 aromatic rings. The fraction of sp³-hybridized carbons (Fsp3) is 0.800. The number of hydrogen-bond donors (Lipinski definition) is 1. The van der Waals surface area contributed by atoms with E-state index in [0.29, 0.717) is 0 Å². The highest BCUT2D eigenvalue weighted by Gasteiger charge is 2.19. The number of fused-ring (bicyclic) bond motifs is 1. The van der Waals surface area contributed by atoms with Gasteiger partial charge in [0.05, 0.1) is 11.4 Å². The first-order valence-corrected chi connectivity index (χ1v) is 5.18. The molecule has 0 atom stereocenters. The van der Waals surface area contributed by atoms with Crippen LogP contribution in [0.4, 0.5) is 0 Å². The molecule has 4 nitrogen and oxygen atoms in total. The van der Waals surface area contributed by atoms with Gasteiger partial charge in [0.15, 0.2) is 0 Å². The third kappa shape index (κ3) is 1.95. The Kier molecular flexibility index (Phi) is 2.31. The first-order chi connectivity index (χ1) is 6.56. The van der Waals surface area contributed by atoms with Crippen LogP contribution in [0.25, 0.3) is 0 Å². The average Bonchev–Trinajstić information content (AvgIpc) is 2.47. The lowest BCUT2D eigenvalue weighted by Crippen LogP contribution is -2.26. The summed E-state index contributed by atoms with van der Waals surface area (Å²) < 4.78 is 2.07. The van der Waals surface area contributed by atoms with Crippen LogP contribution in [-0.2, 0) is 19.5 Å². The Morgan fingerprint density at radius 3 is 2.93 bits per heavy atom. The molecule has 0 spiro atoms. The number of rotatable bonds is 1. The molecule has 0 fully saturated rings. The molecule has 0 aliphatic carbocycles. The highest BCUT2D eigenvalue weighted by molar-refractivity contribution is 5.13. The summed E-state index contributed by atoms with van der Waals surface area (Å²) in [4.78, 5) is 0. The van der Waals surface area contributed by atoms with Crippen molar-refractivity contribution >= 4 is 0 Å². The lowest BCUT2D eigenvalue weighted by Gasteiger charge is -2.20. The van der Waals surface area contributed by atoms with Crippen molar-refractivity contribution in [3.63, 3.8) is 0 Å². The van der Waals surface area contributed by atoms with E-state index in [2.05, 4.69) is 41.1 Å². The third-order valence-electron chi connectivity index (χ3n) is 2.37. The van der Waals surface area contributed by atoms with E-state index in [1.807, 2.05) is 0 Å². The van der Waals surface area contributed by atoms with Gasteiger partial charge in [0.2, 0.25) is 0 Å². The summed E-state index contributed by atoms with van der Waals surface area (Å²) in [7, 11) is 0. The van der Waals surface area contributed by atoms with Crippen LogP contribution >= 0.6 is 0 Å². The predicted octanol–water partition coefficient (Wildman–Crippen LogP) is 0.970. The van der Waals surface area contributed by atoms with E-state index < -0.39 is 0 Å². The van der Waals surface area contributed by atoms with E-state index >= 15 is 0 Å². The lowest BCUT2D eigenvalue weighted by molar-refractivity contribution is 0.315. The van der Waals surface area contributed by atoms with Gasteiger partial charge in [-0.25, -0.2) is 4.68 Å². The fourth-order valence-electron chi connectivity index (χ4n) is 1.77. The fourth-order valence-corrected chi connectivity index (χ4v) is 1.77. The van der Waals surface area contributed by atoms with Crippen molar-refractivity contribution in [3.8, 4) is 0 Å². The molecule has 1 aliphatic rings. The molecule has 14 heavy (non-hydrogen) atoms. The van der Waals surface area contributed by atoms with E-state index in [1.165, 1.54) is 5.69 Å². The van der Waals surface area contributed by atoms with Crippen molar-refractivity contribution in [2.24, 2.45) is 5.41 Å². The molecule has 2 rings (SSSR count). The molecule has 0 unspecified atom stereocenters. The Hall–Kier alpha value is -0.900. The second-order valence-electron chi connectivity index (χ2n) is 5.13. The zero-order chi connectivity index (χ0) is 10.2. The van der Waals surface area contributed by atoms with Crippen LogP contribution in [0.5, 0.6) is 0 Å². The van der Waals surface area contributed by atoms with E-state index in [4.69, 9.17) is 0 Å². The Balaban J connectivity index is 2.22. The molecule has 1 aliphatic heterocycles. The smallest absolute Gasteiger partial charge is 0.0997 e. The molecule has 4 heteroatoms. The van der Waals surface area contributed by atoms with Crippen molar-refractivity contribution in [3.05, 3.63) is 11.4 Å². The minimum absolute atomic E-state index is 0.270. The second-order valence-corrected chi connectivity index (χ2v) is 5.13. The lowest BCUT2D eigenvalue weighted by atomic mass is 9.97. The van der Waals surface area contributed by atoms with Gasteiger partial charge in [0, 0.05) is 26.1 Å². The summed E-state index contributed by atoms with van der Waals surface area (Å²) >= 11 is 0. The SMILES string of the molecule is CC(C)(C)Cn1nnc2c1CCNC2. The van der Waals surface area contributed by atoms with E-state index in [-0.39, 0.29) is 5.41 Å². The maximum Gasteiger partial charge on any atom is 0.0997 e. The van der Waals surface area contributed by atoms with Crippen molar-refractivity contribution in [2.45, 2.75) is 40.3 Å². The van der Waals surface area contributed by atoms with Crippen molar-refractivity contribution in [2.75, 3.05) is 6.54 Å². The summed E-state index contributed by atoms with van der Waals surface area (Å²) in [5.41, 5.74) is 2.71. The molecule has 2 heterocycles. The van der Waals surface area contributed by atoms with Crippen LogP contribution in [0.1, 0.15) is 32.2 Å². The first kappa shape index (κ1) is 9.65. The van der Waals surface area contributed by atoms with Gasteiger partial charge in [-0.2, -0.15) is 0 Å². The van der Waals surface area contributed by atoms with Crippen LogP contribution in [0.3, 0.4) is 0 Å². The van der Waals surface area contributed by atoms with Crippen LogP contribution < -0.4 is 5.32 Å². The Morgan fingerprint density at radius 1 is 1.43 bits per heavy atom. The first-order valence-electron chi connectivity index (χ1n) is 5.18. The van der Waals surface area contributed by atoms with Gasteiger partial charge in [-0.05, 0) is 5.41 Å². The number of aromatic nitrogens is 3. The molecule has 0 saturated heterocycles. The topological polar surface area (TPSA) is 42.7 Å². The van der Waals surface area contributed by atoms with Gasteiger partial charge >= 0.3 is 0 Å². The van der Waals surface area contributed by atoms with E-state index in [9.17, 15) is 0 Å². The van der Waals surface area contributed by atoms with Crippen molar-refractivity contribution < 1.29 is 0 Å². The molecule has 0 bridgehead atoms. The molecule has 1 aromatic heterocycles. The summed E-state index contributed by atoms with van der Waals surface area (Å²) in [6.45, 7) is 9.55. The summed E-state index contributed by atoms with van der Waals surface area (Å²) in [6, 6.07) is 0. The summed E-state index contributed by atoms with van der Waals surface area (Å²) in [6.07, 6.45) is 1.05. The third-order valence-corrected chi connectivity index (χ3v) is 2.37. The van der Waals surface area contributed by atoms with Crippen LogP contribution in [0.15, 0.2) is 0 Å². The maximum absolute atomic E-state index is 4.21. The van der Waals surface area contributed by atoms with Crippen LogP contribution in [-0.4, -0.2) is 21.5 Å². The van der Waals surface area contributed by atoms with Gasteiger partial charge in [0.1, 0.15) is 0 Å². The molecule has 1 N–H and O–H groups in total. The molecular weight excluding hydrogens is 176 g/mol. The van der Waals surface area contributed by atoms with Crippen molar-refractivity contribution in [1.82, 2.24) is 20.3 Å². The molecule has 0 saturated carbocycles. The highest BCUT2D eigenvalue weighted by atomic mass is 15.4. The highest BCUT2D eigenvalue weighted by Crippen LogP contribution is 2.19. The average molecular weight is 194 g/mol. The Morgan fingerprint density at radius 2 is 2.21 bits per heavy atom. The van der Waals surface area contributed by atoms with E-state index in [1.54, 1.807) is 0 Å². The minimum Gasteiger partial charge on any atom is -0.311 e. The second kappa shape index (κ2) is 3.35. The van der Waals surface area contributed by atoms with Crippen LogP contribution in [0.2, 0.25) is 0 Å². The number of nitrogens with one attached hydrogen (secondary N) is 1. The number of nitrogens with zero attached hydrogens (tertiary/aromatic N) is 3. The summed E-state index contributed by atoms with van der Waals surface area (Å²) in [5, 5.41) is 11.7. The molecule has 0 aromatic carbocycles. The standard InChI is InChI=1S/C10H18N4/c1-10(2,3)7-14-9-4-5-11-6-8(9)12-13-14/h11H,4-7H2,1-3H3. The molecular formula is C10H18N4. The molecule has 0 amide bonds. The van der Waals surface area contributed by atoms with Gasteiger partial charge in [-0.3, -0.25) is 0 Å². The zero-order valence-electron chi connectivity index (χ0n) is 9.17. The number of hydrogen-bond acceptors (Lipinski definition) is 3. The largest absolute Gasteiger partial charge is 0.311 e. The van der Waals surface area contributed by atoms with E-state index in [0.717, 1.165) is 31.7 Å². The maximum atomic E-state index is 4.21. The Labute approximate surface area is 84.7 Å². The van der Waals surface area contributed by atoms with Crippen molar-refractivity contribution in [1.29, 1.82) is 0 Å². The Bertz CT molecular complexity index is 321. The van der Waals surface area contributed by atoms with Crippen LogP contribution in [0, 0.1) is 5.41 Å². The van der Waals surface area contributed by atoms with Gasteiger partial charge in [-0.15, -0.1) is 5.10 Å². The molecule has 0 radical (unpaired) electrons. The van der Waals surface area contributed by atoms with Gasteiger partial charge < -0.3 is 5.32 Å². The predicted molar refractivity (Wildman–Crippen MR) is 54.9 cm³/mol. The minimum atomic E-state index is 0.270. The monoisotopic (exact) mass is 194 g/mol. The summed E-state index contributed by atoms with van der Waals surface area (Å²) in [5.74, 6) is 0. The quantitative estimate of drug-likeness (QED) is 0.724. The van der Waals surface area contributed by atoms with Gasteiger partial charge in [0.25, 0.3) is 0 Å². The van der Waals surface area contributed by atoms with Gasteiger partial charge in [-0.1, -0.05) is 26.0 Å². The molecule has 78 valence electrons. The normalized spacial score (nSPS) is 16.8. The zero-order valence-corrected chi connectivity index (χ0v) is 9.17.